The summed E-state index contributed by atoms with van der Waals surface area (Å²) in [6.07, 6.45) is 1.61. The van der Waals surface area contributed by atoms with Crippen molar-refractivity contribution in [3.05, 3.63) is 44.6 Å². The number of fused-ring (bicyclic) bond motifs is 1. The lowest BCUT2D eigenvalue weighted by molar-refractivity contribution is 0.0478. The van der Waals surface area contributed by atoms with E-state index in [1.54, 1.807) is 24.3 Å². The third-order valence-corrected chi connectivity index (χ3v) is 5.59. The number of carbonyl (C=O) groups is 1. The highest BCUT2D eigenvalue weighted by Crippen LogP contribution is 2.39. The van der Waals surface area contributed by atoms with E-state index in [1.165, 1.54) is 11.3 Å². The lowest BCUT2D eigenvalue weighted by Crippen LogP contribution is -2.23. The van der Waals surface area contributed by atoms with Crippen LogP contribution in [0.25, 0.3) is 0 Å². The molecule has 2 heterocycles. The molecule has 0 saturated carbocycles. The van der Waals surface area contributed by atoms with Crippen LogP contribution in [0.4, 0.5) is 0 Å². The Morgan fingerprint density at radius 2 is 2.15 bits per heavy atom. The maximum atomic E-state index is 12.2. The quantitative estimate of drug-likeness (QED) is 0.696. The molecule has 26 heavy (non-hydrogen) atoms. The van der Waals surface area contributed by atoms with Crippen molar-refractivity contribution < 1.29 is 27.4 Å². The summed E-state index contributed by atoms with van der Waals surface area (Å²) in [6, 6.07) is 6.83. The summed E-state index contributed by atoms with van der Waals surface area (Å²) in [5.74, 6) is 0.568. The molecule has 1 aliphatic heterocycles. The van der Waals surface area contributed by atoms with Crippen LogP contribution in [-0.4, -0.2) is 34.0 Å². The highest BCUT2D eigenvalue weighted by Gasteiger charge is 2.19. The second-order valence-corrected chi connectivity index (χ2v) is 8.98. The maximum absolute atomic E-state index is 12.2. The zero-order valence-corrected chi connectivity index (χ0v) is 16.2. The number of ether oxygens (including phenoxy) is 3. The predicted octanol–water partition coefficient (Wildman–Crippen LogP) is 2.58. The summed E-state index contributed by atoms with van der Waals surface area (Å²) in [4.78, 5) is 13.5. The molecule has 10 heteroatoms. The molecule has 0 radical (unpaired) electrons. The van der Waals surface area contributed by atoms with E-state index in [0.29, 0.717) is 33.4 Å². The fourth-order valence-corrected chi connectivity index (χ4v) is 3.97. The van der Waals surface area contributed by atoms with Crippen LogP contribution in [0.1, 0.15) is 20.1 Å². The highest BCUT2D eigenvalue weighted by atomic mass is 35.5. The molecule has 0 saturated heterocycles. The van der Waals surface area contributed by atoms with Crippen molar-refractivity contribution in [2.24, 2.45) is 0 Å². The fraction of sp³-hybridized carbons (Fsp3) is 0.312. The summed E-state index contributed by atoms with van der Waals surface area (Å²) in [5, 5.41) is 0.405. The normalized spacial score (nSPS) is 13.0. The van der Waals surface area contributed by atoms with Gasteiger partial charge in [0.25, 0.3) is 0 Å². The summed E-state index contributed by atoms with van der Waals surface area (Å²) < 4.78 is 40.3. The largest absolute Gasteiger partial charge is 0.457 e. The van der Waals surface area contributed by atoms with Gasteiger partial charge in [-0.05, 0) is 36.2 Å². The number of esters is 1. The van der Waals surface area contributed by atoms with Gasteiger partial charge in [0.1, 0.15) is 11.5 Å². The van der Waals surface area contributed by atoms with E-state index in [2.05, 4.69) is 4.72 Å². The number of hydrogen-bond acceptors (Lipinski definition) is 7. The Kier molecular flexibility index (Phi) is 5.71. The number of hydrogen-bond donors (Lipinski definition) is 1. The molecule has 2 aromatic rings. The van der Waals surface area contributed by atoms with E-state index in [0.717, 1.165) is 11.1 Å². The molecule has 1 N–H and O–H groups in total. The van der Waals surface area contributed by atoms with Gasteiger partial charge in [-0.3, -0.25) is 0 Å². The van der Waals surface area contributed by atoms with Gasteiger partial charge in [0.15, 0.2) is 11.5 Å². The molecule has 1 aliphatic rings. The number of nitrogens with one attached hydrogen (secondary N) is 1. The maximum Gasteiger partial charge on any atom is 0.348 e. The van der Waals surface area contributed by atoms with Crippen LogP contribution in [0.15, 0.2) is 24.3 Å². The fourth-order valence-electron chi connectivity index (χ4n) is 2.31. The van der Waals surface area contributed by atoms with Crippen molar-refractivity contribution in [2.45, 2.75) is 13.0 Å². The van der Waals surface area contributed by atoms with Crippen LogP contribution in [0.3, 0.4) is 0 Å². The number of halogens is 1. The van der Waals surface area contributed by atoms with Crippen LogP contribution < -0.4 is 14.2 Å². The van der Waals surface area contributed by atoms with Crippen molar-refractivity contribution in [3.63, 3.8) is 0 Å². The van der Waals surface area contributed by atoms with Crippen molar-refractivity contribution in [1.29, 1.82) is 0 Å². The van der Waals surface area contributed by atoms with E-state index in [1.807, 2.05) is 0 Å². The van der Waals surface area contributed by atoms with Gasteiger partial charge in [-0.15, -0.1) is 11.3 Å². The molecular weight excluding hydrogens is 402 g/mol. The summed E-state index contributed by atoms with van der Waals surface area (Å²) in [7, 11) is -3.22. The minimum atomic E-state index is -3.22. The molecule has 0 unspecified atom stereocenters. The molecule has 0 fully saturated rings. The molecule has 140 valence electrons. The lowest BCUT2D eigenvalue weighted by atomic mass is 10.2. The minimum absolute atomic E-state index is 0.0536. The molecule has 0 bridgehead atoms. The predicted molar refractivity (Wildman–Crippen MR) is 97.6 cm³/mol. The Bertz CT molecular complexity index is 925. The first-order valence-electron chi connectivity index (χ1n) is 7.60. The number of carbonyl (C=O) groups excluding carboxylic acids is 1. The van der Waals surface area contributed by atoms with E-state index in [-0.39, 0.29) is 19.9 Å². The molecule has 3 rings (SSSR count). The average molecular weight is 418 g/mol. The van der Waals surface area contributed by atoms with Gasteiger partial charge in [-0.2, -0.15) is 0 Å². The molecule has 0 aliphatic carbocycles. The first-order valence-corrected chi connectivity index (χ1v) is 10.7. The summed E-state index contributed by atoms with van der Waals surface area (Å²) in [6.45, 7) is 0.450. The van der Waals surface area contributed by atoms with E-state index in [9.17, 15) is 13.2 Å². The number of thiophene rings is 1. The first-order chi connectivity index (χ1) is 12.3. The molecule has 1 aromatic heterocycles. The van der Waals surface area contributed by atoms with Crippen LogP contribution >= 0.6 is 22.9 Å². The van der Waals surface area contributed by atoms with Crippen LogP contribution in [0.5, 0.6) is 11.5 Å². The molecule has 0 amide bonds. The Balaban J connectivity index is 1.55. The zero-order chi connectivity index (χ0) is 18.7. The minimum Gasteiger partial charge on any atom is -0.457 e. The SMILES string of the molecule is CS(=O)(=O)NCCc1ccc(C(=O)OCc2cc(Cl)c3c(c2)OCO3)s1. The third-order valence-electron chi connectivity index (χ3n) is 3.46. The van der Waals surface area contributed by atoms with E-state index < -0.39 is 16.0 Å². The van der Waals surface area contributed by atoms with Gasteiger partial charge in [0.2, 0.25) is 16.8 Å². The van der Waals surface area contributed by atoms with Crippen molar-refractivity contribution >= 4 is 38.9 Å². The van der Waals surface area contributed by atoms with Gasteiger partial charge in [0, 0.05) is 11.4 Å². The van der Waals surface area contributed by atoms with Crippen molar-refractivity contribution in [3.8, 4) is 11.5 Å². The van der Waals surface area contributed by atoms with Gasteiger partial charge >= 0.3 is 5.97 Å². The monoisotopic (exact) mass is 417 g/mol. The number of benzene rings is 1. The van der Waals surface area contributed by atoms with Crippen LogP contribution in [-0.2, 0) is 27.8 Å². The van der Waals surface area contributed by atoms with Crippen LogP contribution in [0.2, 0.25) is 5.02 Å². The molecule has 0 spiro atoms. The Morgan fingerprint density at radius 3 is 2.92 bits per heavy atom. The van der Waals surface area contributed by atoms with Gasteiger partial charge in [0.05, 0.1) is 11.3 Å². The smallest absolute Gasteiger partial charge is 0.348 e. The number of rotatable bonds is 7. The van der Waals surface area contributed by atoms with Gasteiger partial charge < -0.3 is 14.2 Å². The standard InChI is InChI=1S/C16H16ClNO6S2/c1-26(20,21)18-5-4-11-2-3-14(25-11)16(19)22-8-10-6-12(17)15-13(7-10)23-9-24-15/h2-3,6-7,18H,4-5,8-9H2,1H3. The molecule has 7 nitrogen and oxygen atoms in total. The molecule has 1 aromatic carbocycles. The number of sulfonamides is 1. The Morgan fingerprint density at radius 1 is 1.35 bits per heavy atom. The van der Waals surface area contributed by atoms with E-state index >= 15 is 0 Å². The molecule has 0 atom stereocenters. The Hall–Kier alpha value is -1.81. The van der Waals surface area contributed by atoms with Gasteiger partial charge in [-0.1, -0.05) is 11.6 Å². The second kappa shape index (κ2) is 7.83. The van der Waals surface area contributed by atoms with Gasteiger partial charge in [-0.25, -0.2) is 17.9 Å². The lowest BCUT2D eigenvalue weighted by Gasteiger charge is -2.06. The summed E-state index contributed by atoms with van der Waals surface area (Å²) in [5.41, 5.74) is 0.696. The van der Waals surface area contributed by atoms with Crippen molar-refractivity contribution in [1.82, 2.24) is 4.72 Å². The zero-order valence-electron chi connectivity index (χ0n) is 13.8. The topological polar surface area (TPSA) is 90.9 Å². The highest BCUT2D eigenvalue weighted by molar-refractivity contribution is 7.88. The first kappa shape index (κ1) is 19.0. The molecular formula is C16H16ClNO6S2. The van der Waals surface area contributed by atoms with Crippen LogP contribution in [0, 0.1) is 0 Å². The second-order valence-electron chi connectivity index (χ2n) is 5.57. The third kappa shape index (κ3) is 4.88. The van der Waals surface area contributed by atoms with Crippen molar-refractivity contribution in [2.75, 3.05) is 19.6 Å². The average Bonchev–Trinajstić information content (AvgIpc) is 3.20. The summed E-state index contributed by atoms with van der Waals surface area (Å²) >= 11 is 7.37. The van der Waals surface area contributed by atoms with E-state index in [4.69, 9.17) is 25.8 Å². The Labute approximate surface area is 159 Å².